The van der Waals surface area contributed by atoms with Crippen LogP contribution in [0.5, 0.6) is 0 Å². The van der Waals surface area contributed by atoms with E-state index >= 15 is 0 Å². The van der Waals surface area contributed by atoms with Crippen LogP contribution in [0.3, 0.4) is 0 Å². The minimum absolute atomic E-state index is 0.0845. The molecule has 2 aliphatic carbocycles. The van der Waals surface area contributed by atoms with Gasteiger partial charge in [0, 0.05) is 18.8 Å². The maximum absolute atomic E-state index is 10.6. The van der Waals surface area contributed by atoms with Crippen LogP contribution in [0.15, 0.2) is 23.8 Å². The van der Waals surface area contributed by atoms with Gasteiger partial charge in [-0.3, -0.25) is 4.79 Å². The highest BCUT2D eigenvalue weighted by Gasteiger charge is 2.44. The molecule has 0 aromatic heterocycles. The summed E-state index contributed by atoms with van der Waals surface area (Å²) in [5, 5.41) is 29.4. The van der Waals surface area contributed by atoms with Gasteiger partial charge in [-0.1, -0.05) is 30.7 Å². The smallest absolute Gasteiger partial charge is 0.303 e. The molecular formula is C22H32O4. The average molecular weight is 360 g/mol. The molecule has 1 unspecified atom stereocenters. The lowest BCUT2D eigenvalue weighted by Gasteiger charge is -2.19. The predicted molar refractivity (Wildman–Crippen MR) is 102 cm³/mol. The van der Waals surface area contributed by atoms with Crippen molar-refractivity contribution in [2.45, 2.75) is 71.0 Å². The summed E-state index contributed by atoms with van der Waals surface area (Å²) in [5.74, 6) is 6.25. The highest BCUT2D eigenvalue weighted by molar-refractivity contribution is 5.66. The standard InChI is InChI=1S/C22H32O4/c1-3-4-7-15(2)20(23)11-10-18-19-13-16(8-5-6-9-22(25)26)12-17(19)14-21(18)24/h8,10-11,15,17-21,23-24H,5-7,9,12-14H2,1-2H3,(H,25,26)/t15?,17-,18-,19-,20+,21+/m0/s1. The van der Waals surface area contributed by atoms with Crippen LogP contribution in [0.2, 0.25) is 0 Å². The fourth-order valence-electron chi connectivity index (χ4n) is 4.31. The van der Waals surface area contributed by atoms with E-state index < -0.39 is 12.1 Å². The van der Waals surface area contributed by atoms with Gasteiger partial charge in [0.2, 0.25) is 0 Å². The molecule has 0 aromatic rings. The molecular weight excluding hydrogens is 328 g/mol. The van der Waals surface area contributed by atoms with Crippen molar-refractivity contribution in [2.24, 2.45) is 23.7 Å². The molecule has 2 rings (SSSR count). The second-order valence-electron chi connectivity index (χ2n) is 7.84. The number of carboxylic acid groups (broad SMARTS) is 1. The van der Waals surface area contributed by atoms with E-state index in [4.69, 9.17) is 5.11 Å². The van der Waals surface area contributed by atoms with Crippen LogP contribution in [0.4, 0.5) is 0 Å². The third kappa shape index (κ3) is 5.72. The molecule has 0 saturated heterocycles. The molecule has 2 aliphatic rings. The summed E-state index contributed by atoms with van der Waals surface area (Å²) >= 11 is 0. The van der Waals surface area contributed by atoms with Gasteiger partial charge < -0.3 is 15.3 Å². The first-order chi connectivity index (χ1) is 12.4. The molecule has 0 aliphatic heterocycles. The minimum atomic E-state index is -0.738. The zero-order chi connectivity index (χ0) is 19.1. The Kier molecular flexibility index (Phi) is 7.93. The van der Waals surface area contributed by atoms with Crippen molar-refractivity contribution in [2.75, 3.05) is 0 Å². The normalized spacial score (nSPS) is 31.6. The SMILES string of the molecule is CC#CCC(C)[C@H](O)C=C[C@H]1[C@H]2CC(=CCCCC(=O)O)C[C@H]2C[C@H]1O. The van der Waals surface area contributed by atoms with Gasteiger partial charge >= 0.3 is 5.97 Å². The number of aliphatic hydroxyl groups is 2. The first-order valence-corrected chi connectivity index (χ1v) is 9.76. The second kappa shape index (κ2) is 9.94. The number of carboxylic acids is 1. The van der Waals surface area contributed by atoms with Crippen molar-refractivity contribution in [3.05, 3.63) is 23.8 Å². The number of fused-ring (bicyclic) bond motifs is 1. The van der Waals surface area contributed by atoms with Gasteiger partial charge in [-0.2, -0.15) is 0 Å². The lowest BCUT2D eigenvalue weighted by Crippen LogP contribution is -2.19. The molecule has 144 valence electrons. The van der Waals surface area contributed by atoms with Crippen LogP contribution in [0.1, 0.15) is 58.8 Å². The molecule has 0 spiro atoms. The Morgan fingerprint density at radius 1 is 1.38 bits per heavy atom. The van der Waals surface area contributed by atoms with Crippen molar-refractivity contribution >= 4 is 5.97 Å². The van der Waals surface area contributed by atoms with Crippen LogP contribution in [0, 0.1) is 35.5 Å². The van der Waals surface area contributed by atoms with Crippen LogP contribution in [0.25, 0.3) is 0 Å². The maximum Gasteiger partial charge on any atom is 0.303 e. The predicted octanol–water partition coefficient (Wildman–Crippen LogP) is 3.54. The molecule has 6 atom stereocenters. The molecule has 0 heterocycles. The van der Waals surface area contributed by atoms with Crippen LogP contribution in [-0.4, -0.2) is 33.5 Å². The molecule has 2 saturated carbocycles. The zero-order valence-corrected chi connectivity index (χ0v) is 15.9. The second-order valence-corrected chi connectivity index (χ2v) is 7.84. The Labute approximate surface area is 157 Å². The molecule has 4 heteroatoms. The Hall–Kier alpha value is -1.57. The van der Waals surface area contributed by atoms with E-state index in [2.05, 4.69) is 17.9 Å². The fraction of sp³-hybridized carbons (Fsp3) is 0.682. The zero-order valence-electron chi connectivity index (χ0n) is 15.9. The van der Waals surface area contributed by atoms with Crippen molar-refractivity contribution in [1.29, 1.82) is 0 Å². The summed E-state index contributed by atoms with van der Waals surface area (Å²) < 4.78 is 0. The van der Waals surface area contributed by atoms with E-state index in [0.717, 1.165) is 25.7 Å². The largest absolute Gasteiger partial charge is 0.481 e. The van der Waals surface area contributed by atoms with Gasteiger partial charge in [-0.25, -0.2) is 0 Å². The fourth-order valence-corrected chi connectivity index (χ4v) is 4.31. The van der Waals surface area contributed by atoms with Gasteiger partial charge in [0.25, 0.3) is 0 Å². The summed E-state index contributed by atoms with van der Waals surface area (Å²) in [7, 11) is 0. The molecule has 3 N–H and O–H groups in total. The van der Waals surface area contributed by atoms with E-state index in [1.807, 2.05) is 19.1 Å². The Balaban J connectivity index is 1.89. The number of hydrogen-bond donors (Lipinski definition) is 3. The summed E-state index contributed by atoms with van der Waals surface area (Å²) in [4.78, 5) is 10.6. The Morgan fingerprint density at radius 3 is 2.85 bits per heavy atom. The molecule has 0 bridgehead atoms. The van der Waals surface area contributed by atoms with Gasteiger partial charge in [0.1, 0.15) is 0 Å². The first-order valence-electron chi connectivity index (χ1n) is 9.76. The molecule has 4 nitrogen and oxygen atoms in total. The van der Waals surface area contributed by atoms with Crippen molar-refractivity contribution in [1.82, 2.24) is 0 Å². The van der Waals surface area contributed by atoms with Gasteiger partial charge in [-0.05, 0) is 56.8 Å². The molecule has 2 fully saturated rings. The highest BCUT2D eigenvalue weighted by Crippen LogP contribution is 2.50. The number of aliphatic carboxylic acids is 1. The molecule has 26 heavy (non-hydrogen) atoms. The van der Waals surface area contributed by atoms with Crippen LogP contribution in [-0.2, 0) is 4.79 Å². The Bertz CT molecular complexity index is 595. The van der Waals surface area contributed by atoms with Crippen LogP contribution >= 0.6 is 0 Å². The lowest BCUT2D eigenvalue weighted by atomic mass is 9.89. The minimum Gasteiger partial charge on any atom is -0.481 e. The molecule has 0 amide bonds. The van der Waals surface area contributed by atoms with Crippen molar-refractivity contribution in [3.63, 3.8) is 0 Å². The highest BCUT2D eigenvalue weighted by atomic mass is 16.4. The van der Waals surface area contributed by atoms with E-state index in [-0.39, 0.29) is 24.4 Å². The number of allylic oxidation sites excluding steroid dienone is 2. The van der Waals surface area contributed by atoms with Crippen molar-refractivity contribution < 1.29 is 20.1 Å². The number of aliphatic hydroxyl groups excluding tert-OH is 2. The maximum atomic E-state index is 10.6. The average Bonchev–Trinajstić information content (AvgIpc) is 3.10. The summed E-state index contributed by atoms with van der Waals surface area (Å²) in [6, 6.07) is 0. The van der Waals surface area contributed by atoms with Gasteiger partial charge in [0.05, 0.1) is 12.2 Å². The van der Waals surface area contributed by atoms with E-state index in [1.54, 1.807) is 6.92 Å². The van der Waals surface area contributed by atoms with Crippen LogP contribution < -0.4 is 0 Å². The quantitative estimate of drug-likeness (QED) is 0.351. The number of rotatable bonds is 8. The van der Waals surface area contributed by atoms with Crippen molar-refractivity contribution in [3.8, 4) is 11.8 Å². The first kappa shape index (κ1) is 20.7. The lowest BCUT2D eigenvalue weighted by molar-refractivity contribution is -0.137. The summed E-state index contributed by atoms with van der Waals surface area (Å²) in [6.07, 6.45) is 10.4. The summed E-state index contributed by atoms with van der Waals surface area (Å²) in [6.45, 7) is 3.79. The Morgan fingerprint density at radius 2 is 2.15 bits per heavy atom. The number of carbonyl (C=O) groups is 1. The van der Waals surface area contributed by atoms with E-state index in [1.165, 1.54) is 5.57 Å². The third-order valence-electron chi connectivity index (χ3n) is 5.85. The monoisotopic (exact) mass is 360 g/mol. The topological polar surface area (TPSA) is 77.8 Å². The number of hydrogen-bond acceptors (Lipinski definition) is 3. The molecule has 0 radical (unpaired) electrons. The molecule has 0 aromatic carbocycles. The van der Waals surface area contributed by atoms with E-state index in [0.29, 0.717) is 24.7 Å². The third-order valence-corrected chi connectivity index (χ3v) is 5.85. The van der Waals surface area contributed by atoms with E-state index in [9.17, 15) is 15.0 Å². The summed E-state index contributed by atoms with van der Waals surface area (Å²) in [5.41, 5.74) is 1.41. The van der Waals surface area contributed by atoms with Gasteiger partial charge in [0.15, 0.2) is 0 Å². The number of unbranched alkanes of at least 4 members (excludes halogenated alkanes) is 1. The van der Waals surface area contributed by atoms with Gasteiger partial charge in [-0.15, -0.1) is 11.8 Å².